The molecule has 0 unspecified atom stereocenters. The van der Waals surface area contributed by atoms with Crippen LogP contribution >= 0.6 is 24.0 Å². The summed E-state index contributed by atoms with van der Waals surface area (Å²) in [7, 11) is -3.24. The van der Waals surface area contributed by atoms with E-state index in [2.05, 4.69) is 24.8 Å². The van der Waals surface area contributed by atoms with E-state index in [1.807, 2.05) is 6.92 Å². The maximum atomic E-state index is 12.9. The van der Waals surface area contributed by atoms with Crippen molar-refractivity contribution < 1.29 is 21.6 Å². The Bertz CT molecular complexity index is 797. The first-order valence-electron chi connectivity index (χ1n) is 9.45. The predicted octanol–water partition coefficient (Wildman–Crippen LogP) is 1.96. The van der Waals surface area contributed by atoms with Crippen LogP contribution in [0.25, 0.3) is 0 Å². The Morgan fingerprint density at radius 3 is 2.43 bits per heavy atom. The maximum absolute atomic E-state index is 12.9. The minimum Gasteiger partial charge on any atom is -0.357 e. The maximum Gasteiger partial charge on any atom is 0.416 e. The van der Waals surface area contributed by atoms with E-state index >= 15 is 0 Å². The molecule has 1 heterocycles. The minimum absolute atomic E-state index is 0. The number of halogens is 4. The number of nitrogens with zero attached hydrogens (tertiary/aromatic N) is 3. The molecule has 1 aromatic rings. The number of guanidine groups is 1. The number of piperazine rings is 1. The highest BCUT2D eigenvalue weighted by Gasteiger charge is 2.30. The van der Waals surface area contributed by atoms with Gasteiger partial charge in [-0.25, -0.2) is 13.1 Å². The summed E-state index contributed by atoms with van der Waals surface area (Å²) in [5.41, 5.74) is 0.0126. The molecule has 1 fully saturated rings. The van der Waals surface area contributed by atoms with Crippen molar-refractivity contribution in [1.29, 1.82) is 0 Å². The summed E-state index contributed by atoms with van der Waals surface area (Å²) in [6, 6.07) is 5.43. The summed E-state index contributed by atoms with van der Waals surface area (Å²) in [5, 5.41) is 3.19. The largest absolute Gasteiger partial charge is 0.416 e. The Labute approximate surface area is 193 Å². The van der Waals surface area contributed by atoms with Crippen LogP contribution in [0.1, 0.15) is 18.1 Å². The van der Waals surface area contributed by atoms with Crippen molar-refractivity contribution in [2.45, 2.75) is 19.6 Å². The van der Waals surface area contributed by atoms with Crippen molar-refractivity contribution in [1.82, 2.24) is 19.8 Å². The van der Waals surface area contributed by atoms with E-state index in [0.29, 0.717) is 57.3 Å². The van der Waals surface area contributed by atoms with Crippen molar-refractivity contribution in [3.05, 3.63) is 35.4 Å². The van der Waals surface area contributed by atoms with Gasteiger partial charge in [0.2, 0.25) is 10.0 Å². The van der Waals surface area contributed by atoms with E-state index in [-0.39, 0.29) is 30.5 Å². The zero-order valence-corrected chi connectivity index (χ0v) is 20.2. The van der Waals surface area contributed by atoms with Gasteiger partial charge in [0.05, 0.1) is 18.4 Å². The Hall–Kier alpha value is -1.12. The summed E-state index contributed by atoms with van der Waals surface area (Å²) >= 11 is 0. The lowest BCUT2D eigenvalue weighted by atomic mass is 10.1. The average Bonchev–Trinajstić information content (AvgIpc) is 2.64. The third-order valence-corrected chi connectivity index (χ3v) is 5.13. The summed E-state index contributed by atoms with van der Waals surface area (Å²) in [4.78, 5) is 8.64. The van der Waals surface area contributed by atoms with Crippen LogP contribution < -0.4 is 10.0 Å². The fourth-order valence-corrected chi connectivity index (χ4v) is 3.50. The molecule has 1 aliphatic heterocycles. The first kappa shape index (κ1) is 26.9. The zero-order chi connectivity index (χ0) is 21.5. The highest BCUT2D eigenvalue weighted by Crippen LogP contribution is 2.29. The lowest BCUT2D eigenvalue weighted by molar-refractivity contribution is -0.137. The summed E-state index contributed by atoms with van der Waals surface area (Å²) in [5.74, 6) is 0.710. The highest BCUT2D eigenvalue weighted by molar-refractivity contribution is 14.0. The molecule has 2 N–H and O–H groups in total. The molecular formula is C18H29F3IN5O2S. The fraction of sp³-hybridized carbons (Fsp3) is 0.611. The smallest absolute Gasteiger partial charge is 0.357 e. The molecule has 0 saturated carbocycles. The molecule has 0 aromatic heterocycles. The Balaban J connectivity index is 0.00000450. The molecule has 30 heavy (non-hydrogen) atoms. The summed E-state index contributed by atoms with van der Waals surface area (Å²) < 4.78 is 63.2. The van der Waals surface area contributed by atoms with Gasteiger partial charge in [-0.05, 0) is 18.6 Å². The number of hydrogen-bond donors (Lipinski definition) is 2. The van der Waals surface area contributed by atoms with Crippen LogP contribution in [-0.4, -0.2) is 76.2 Å². The van der Waals surface area contributed by atoms with E-state index < -0.39 is 21.8 Å². The molecule has 7 nitrogen and oxygen atoms in total. The van der Waals surface area contributed by atoms with Crippen LogP contribution in [0.5, 0.6) is 0 Å². The Kier molecular flexibility index (Phi) is 10.8. The zero-order valence-electron chi connectivity index (χ0n) is 17.1. The number of hydrogen-bond acceptors (Lipinski definition) is 4. The molecule has 1 aliphatic rings. The number of benzene rings is 1. The fourth-order valence-electron chi connectivity index (χ4n) is 3.04. The first-order chi connectivity index (χ1) is 13.6. The van der Waals surface area contributed by atoms with Crippen molar-refractivity contribution >= 4 is 40.0 Å². The second-order valence-electron chi connectivity index (χ2n) is 6.86. The van der Waals surface area contributed by atoms with E-state index in [9.17, 15) is 21.6 Å². The molecule has 2 rings (SSSR count). The Morgan fingerprint density at radius 1 is 1.20 bits per heavy atom. The normalized spacial score (nSPS) is 16.3. The number of sulfonamides is 1. The molecule has 0 aliphatic carbocycles. The minimum atomic E-state index is -4.34. The van der Waals surface area contributed by atoms with Crippen molar-refractivity contribution in [3.63, 3.8) is 0 Å². The monoisotopic (exact) mass is 563 g/mol. The lowest BCUT2D eigenvalue weighted by Gasteiger charge is -2.36. The van der Waals surface area contributed by atoms with Gasteiger partial charge >= 0.3 is 6.18 Å². The third-order valence-electron chi connectivity index (χ3n) is 4.40. The molecule has 0 bridgehead atoms. The summed E-state index contributed by atoms with van der Waals surface area (Å²) in [6.45, 7) is 6.41. The van der Waals surface area contributed by atoms with Gasteiger partial charge in [0.15, 0.2) is 5.96 Å². The van der Waals surface area contributed by atoms with Crippen molar-refractivity contribution in [2.75, 3.05) is 52.1 Å². The van der Waals surface area contributed by atoms with E-state index in [0.717, 1.165) is 12.3 Å². The highest BCUT2D eigenvalue weighted by atomic mass is 127. The molecule has 0 atom stereocenters. The standard InChI is InChI=1S/C18H28F3N5O2S.HI/c1-3-22-17(23-7-8-24-29(2,27)28)26-11-9-25(10-12-26)14-15-5-4-6-16(13-15)18(19,20)21;/h4-6,13,24H,3,7-12,14H2,1-2H3,(H,22,23);1H. The van der Waals surface area contributed by atoms with E-state index in [4.69, 9.17) is 0 Å². The Morgan fingerprint density at radius 2 is 1.87 bits per heavy atom. The van der Waals surface area contributed by atoms with Gasteiger partial charge in [0.1, 0.15) is 0 Å². The van der Waals surface area contributed by atoms with Gasteiger partial charge in [-0.15, -0.1) is 24.0 Å². The van der Waals surface area contributed by atoms with Crippen LogP contribution in [0.3, 0.4) is 0 Å². The average molecular weight is 563 g/mol. The molecule has 1 aromatic carbocycles. The third kappa shape index (κ3) is 9.35. The van der Waals surface area contributed by atoms with Crippen LogP contribution in [0, 0.1) is 0 Å². The molecule has 12 heteroatoms. The van der Waals surface area contributed by atoms with Crippen molar-refractivity contribution in [2.24, 2.45) is 4.99 Å². The van der Waals surface area contributed by atoms with E-state index in [1.165, 1.54) is 12.1 Å². The SMILES string of the molecule is CCNC(=NCCNS(C)(=O)=O)N1CCN(Cc2cccc(C(F)(F)F)c2)CC1.I. The number of aliphatic imine (C=N–C) groups is 1. The molecule has 1 saturated heterocycles. The molecule has 0 radical (unpaired) electrons. The van der Waals surface area contributed by atoms with Gasteiger partial charge in [-0.3, -0.25) is 9.89 Å². The van der Waals surface area contributed by atoms with Gasteiger partial charge in [0.25, 0.3) is 0 Å². The first-order valence-corrected chi connectivity index (χ1v) is 11.3. The predicted molar refractivity (Wildman–Crippen MR) is 123 cm³/mol. The number of rotatable bonds is 7. The molecular weight excluding hydrogens is 534 g/mol. The second kappa shape index (κ2) is 12.1. The van der Waals surface area contributed by atoms with Crippen LogP contribution in [0.15, 0.2) is 29.3 Å². The van der Waals surface area contributed by atoms with E-state index in [1.54, 1.807) is 6.07 Å². The van der Waals surface area contributed by atoms with Crippen LogP contribution in [0.2, 0.25) is 0 Å². The summed E-state index contributed by atoms with van der Waals surface area (Å²) in [6.07, 6.45) is -3.23. The van der Waals surface area contributed by atoms with Crippen LogP contribution in [-0.2, 0) is 22.7 Å². The van der Waals surface area contributed by atoms with Gasteiger partial charge in [-0.2, -0.15) is 13.2 Å². The quantitative estimate of drug-likeness (QED) is 0.230. The van der Waals surface area contributed by atoms with Gasteiger partial charge < -0.3 is 10.2 Å². The van der Waals surface area contributed by atoms with Gasteiger partial charge in [-0.1, -0.05) is 18.2 Å². The number of alkyl halides is 3. The molecule has 0 spiro atoms. The van der Waals surface area contributed by atoms with Crippen molar-refractivity contribution in [3.8, 4) is 0 Å². The molecule has 172 valence electrons. The lowest BCUT2D eigenvalue weighted by Crippen LogP contribution is -2.52. The second-order valence-corrected chi connectivity index (χ2v) is 8.70. The topological polar surface area (TPSA) is 77.0 Å². The van der Waals surface area contributed by atoms with Gasteiger partial charge in [0, 0.05) is 45.8 Å². The number of nitrogens with one attached hydrogen (secondary N) is 2. The van der Waals surface area contributed by atoms with Crippen LogP contribution in [0.4, 0.5) is 13.2 Å². The molecule has 0 amide bonds.